The summed E-state index contributed by atoms with van der Waals surface area (Å²) in [5.74, 6) is 0.162. The molecule has 0 aliphatic rings. The topological polar surface area (TPSA) is 33.1 Å². The van der Waals surface area contributed by atoms with Crippen LogP contribution in [0.2, 0.25) is 5.02 Å². The molecule has 0 spiro atoms. The first-order chi connectivity index (χ1) is 5.79. The Kier molecular flexibility index (Phi) is 3.80. The number of aromatic nitrogens is 1. The minimum absolute atomic E-state index is 0. The number of aromatic hydroxyl groups is 1. The molecule has 1 aromatic carbocycles. The molecule has 0 atom stereocenters. The maximum Gasteiger partial charge on any atom is 0.141 e. The van der Waals surface area contributed by atoms with Crippen molar-refractivity contribution in [1.29, 1.82) is 0 Å². The van der Waals surface area contributed by atoms with Crippen LogP contribution in [0, 0.1) is 0 Å². The molecule has 0 aliphatic carbocycles. The third-order valence-corrected chi connectivity index (χ3v) is 2.02. The molecule has 2 aromatic rings. The summed E-state index contributed by atoms with van der Waals surface area (Å²) >= 11 is 5.88. The minimum atomic E-state index is 0. The summed E-state index contributed by atoms with van der Waals surface area (Å²) in [7, 11) is 0. The van der Waals surface area contributed by atoms with Crippen molar-refractivity contribution < 1.29 is 5.11 Å². The van der Waals surface area contributed by atoms with Gasteiger partial charge in [0, 0.05) is 49.3 Å². The molecule has 0 amide bonds. The zero-order chi connectivity index (χ0) is 8.55. The number of phenols is 1. The quantitative estimate of drug-likeness (QED) is 0.690. The molecule has 4 heteroatoms. The van der Waals surface area contributed by atoms with E-state index in [-0.39, 0.29) is 43.5 Å². The summed E-state index contributed by atoms with van der Waals surface area (Å²) in [5.41, 5.74) is 0.546. The fraction of sp³-hybridized carbons (Fsp3) is 0. The largest absolute Gasteiger partial charge is 0.506 e. The molecule has 0 unspecified atom stereocenters. The molecule has 2 rings (SSSR count). The number of phenolic OH excluding ortho intramolecular Hbond substituents is 1. The van der Waals surface area contributed by atoms with Crippen LogP contribution in [0.1, 0.15) is 0 Å². The summed E-state index contributed by atoms with van der Waals surface area (Å²) < 4.78 is 0. The van der Waals surface area contributed by atoms with Gasteiger partial charge in [0.05, 0.1) is 5.02 Å². The number of benzene rings is 1. The van der Waals surface area contributed by atoms with Crippen molar-refractivity contribution in [2.75, 3.05) is 0 Å². The van der Waals surface area contributed by atoms with Crippen LogP contribution in [-0.4, -0.2) is 47.8 Å². The monoisotopic (exact) mass is 219 g/mol. The predicted molar refractivity (Wildman–Crippen MR) is 54.2 cm³/mol. The number of hydrogen-bond donors (Lipinski definition) is 1. The van der Waals surface area contributed by atoms with E-state index in [1.54, 1.807) is 18.3 Å². The maximum atomic E-state index is 9.37. The predicted octanol–water partition coefficient (Wildman–Crippen LogP) is 2.21. The summed E-state index contributed by atoms with van der Waals surface area (Å²) in [6.07, 6.45) is 1.62. The van der Waals surface area contributed by atoms with Crippen LogP contribution in [0.25, 0.3) is 10.9 Å². The van der Waals surface area contributed by atoms with Crippen molar-refractivity contribution >= 4 is 60.2 Å². The number of halogens is 1. The van der Waals surface area contributed by atoms with Gasteiger partial charge < -0.3 is 5.11 Å². The standard InChI is InChI=1S/C9H6ClNO.Ca/c10-7-3-4-8(12)9-6(7)2-1-5-11-9;/h1-5,12H;. The fourth-order valence-electron chi connectivity index (χ4n) is 1.12. The van der Waals surface area contributed by atoms with Gasteiger partial charge in [-0.3, -0.25) is 4.98 Å². The summed E-state index contributed by atoms with van der Waals surface area (Å²) in [4.78, 5) is 4.01. The van der Waals surface area contributed by atoms with Crippen molar-refractivity contribution in [3.8, 4) is 5.75 Å². The zero-order valence-corrected chi connectivity index (χ0v) is 9.83. The summed E-state index contributed by atoms with van der Waals surface area (Å²) in [6, 6.07) is 6.80. The first kappa shape index (κ1) is 11.1. The third-order valence-electron chi connectivity index (χ3n) is 1.70. The van der Waals surface area contributed by atoms with E-state index in [4.69, 9.17) is 11.6 Å². The zero-order valence-electron chi connectivity index (χ0n) is 6.87. The van der Waals surface area contributed by atoms with Crippen LogP contribution in [0.4, 0.5) is 0 Å². The molecule has 13 heavy (non-hydrogen) atoms. The Bertz CT molecular complexity index is 392. The number of pyridine rings is 1. The van der Waals surface area contributed by atoms with E-state index in [1.165, 1.54) is 6.07 Å². The smallest absolute Gasteiger partial charge is 0.141 e. The molecule has 62 valence electrons. The van der Waals surface area contributed by atoms with Crippen molar-refractivity contribution in [1.82, 2.24) is 4.98 Å². The van der Waals surface area contributed by atoms with Crippen LogP contribution >= 0.6 is 11.6 Å². The van der Waals surface area contributed by atoms with Gasteiger partial charge in [0.25, 0.3) is 0 Å². The molecule has 0 fully saturated rings. The molecule has 2 radical (unpaired) electrons. The van der Waals surface area contributed by atoms with Crippen molar-refractivity contribution in [2.24, 2.45) is 0 Å². The molecular formula is C9H6CaClNO. The van der Waals surface area contributed by atoms with E-state index >= 15 is 0 Å². The van der Waals surface area contributed by atoms with Gasteiger partial charge in [-0.05, 0) is 24.3 Å². The van der Waals surface area contributed by atoms with E-state index in [9.17, 15) is 5.11 Å². The van der Waals surface area contributed by atoms with Gasteiger partial charge in [0.1, 0.15) is 11.3 Å². The third kappa shape index (κ3) is 2.07. The average Bonchev–Trinajstić information content (AvgIpc) is 2.12. The Morgan fingerprint density at radius 2 is 2.00 bits per heavy atom. The first-order valence-corrected chi connectivity index (χ1v) is 3.89. The summed E-state index contributed by atoms with van der Waals surface area (Å²) in [5, 5.41) is 10.8. The van der Waals surface area contributed by atoms with Gasteiger partial charge in [0.2, 0.25) is 0 Å². The van der Waals surface area contributed by atoms with Gasteiger partial charge in [-0.2, -0.15) is 0 Å². The van der Waals surface area contributed by atoms with Crippen LogP contribution < -0.4 is 0 Å². The molecule has 1 N–H and O–H groups in total. The van der Waals surface area contributed by atoms with Gasteiger partial charge in [-0.25, -0.2) is 0 Å². The van der Waals surface area contributed by atoms with E-state index in [0.29, 0.717) is 10.5 Å². The molecule has 0 aliphatic heterocycles. The average molecular weight is 220 g/mol. The van der Waals surface area contributed by atoms with Gasteiger partial charge in [-0.15, -0.1) is 0 Å². The molecule has 0 bridgehead atoms. The van der Waals surface area contributed by atoms with Crippen LogP contribution in [0.5, 0.6) is 5.75 Å². The fourth-order valence-corrected chi connectivity index (χ4v) is 1.34. The van der Waals surface area contributed by atoms with Crippen LogP contribution in [0.15, 0.2) is 30.5 Å². The number of rotatable bonds is 0. The Morgan fingerprint density at radius 1 is 1.23 bits per heavy atom. The van der Waals surface area contributed by atoms with E-state index in [0.717, 1.165) is 5.39 Å². The number of nitrogens with zero attached hydrogens (tertiary/aromatic N) is 1. The summed E-state index contributed by atoms with van der Waals surface area (Å²) in [6.45, 7) is 0. The Hall–Kier alpha value is -0.0203. The van der Waals surface area contributed by atoms with Crippen LogP contribution in [-0.2, 0) is 0 Å². The first-order valence-electron chi connectivity index (χ1n) is 3.51. The minimum Gasteiger partial charge on any atom is -0.506 e. The molecule has 2 nitrogen and oxygen atoms in total. The van der Waals surface area contributed by atoms with Crippen molar-refractivity contribution in [3.05, 3.63) is 35.5 Å². The van der Waals surface area contributed by atoms with Gasteiger partial charge >= 0.3 is 0 Å². The van der Waals surface area contributed by atoms with Crippen LogP contribution in [0.3, 0.4) is 0 Å². The number of hydrogen-bond acceptors (Lipinski definition) is 2. The number of fused-ring (bicyclic) bond motifs is 1. The Labute approximate surface area is 111 Å². The van der Waals surface area contributed by atoms with Gasteiger partial charge in [-0.1, -0.05) is 11.6 Å². The molecular weight excluding hydrogens is 214 g/mol. The molecule has 0 saturated carbocycles. The molecule has 1 aromatic heterocycles. The van der Waals surface area contributed by atoms with E-state index in [1.807, 2.05) is 6.07 Å². The molecule has 1 heterocycles. The van der Waals surface area contributed by atoms with Crippen molar-refractivity contribution in [3.63, 3.8) is 0 Å². The Balaban J connectivity index is 0.000000845. The van der Waals surface area contributed by atoms with E-state index < -0.39 is 0 Å². The molecule has 0 saturated heterocycles. The van der Waals surface area contributed by atoms with E-state index in [2.05, 4.69) is 4.98 Å². The normalized spacial score (nSPS) is 9.62. The second-order valence-corrected chi connectivity index (χ2v) is 2.87. The maximum absolute atomic E-state index is 9.37. The second kappa shape index (κ2) is 4.47. The SMILES string of the molecule is Oc1ccc(Cl)c2cccnc12.[Ca]. The Morgan fingerprint density at radius 3 is 2.69 bits per heavy atom. The second-order valence-electron chi connectivity index (χ2n) is 2.47. The van der Waals surface area contributed by atoms with Crippen molar-refractivity contribution in [2.45, 2.75) is 0 Å². The van der Waals surface area contributed by atoms with Gasteiger partial charge in [0.15, 0.2) is 0 Å².